The standard InChI is InChI=1S/C29H18N2O/c1-4-13-25-22(10-1)23-11-2-5-14-26(23)31(25)20-9-7-8-19(18-20)21-16-17-30-28-24-12-3-6-15-27(24)32-29(21)28/h1-18H. The van der Waals surface area contributed by atoms with Crippen LogP contribution in [0.5, 0.6) is 0 Å². The van der Waals surface area contributed by atoms with E-state index in [4.69, 9.17) is 4.42 Å². The quantitative estimate of drug-likeness (QED) is 0.292. The van der Waals surface area contributed by atoms with Gasteiger partial charge in [0.2, 0.25) is 0 Å². The van der Waals surface area contributed by atoms with Crippen LogP contribution in [-0.4, -0.2) is 9.55 Å². The number of aromatic nitrogens is 2. The van der Waals surface area contributed by atoms with Crippen LogP contribution >= 0.6 is 0 Å². The fraction of sp³-hybridized carbons (Fsp3) is 0. The molecule has 4 aromatic carbocycles. The van der Waals surface area contributed by atoms with E-state index in [0.29, 0.717) is 0 Å². The average molecular weight is 410 g/mol. The minimum Gasteiger partial charge on any atom is -0.454 e. The summed E-state index contributed by atoms with van der Waals surface area (Å²) < 4.78 is 8.58. The highest BCUT2D eigenvalue weighted by molar-refractivity contribution is 6.10. The van der Waals surface area contributed by atoms with Crippen molar-refractivity contribution in [2.24, 2.45) is 0 Å². The second-order valence-corrected chi connectivity index (χ2v) is 8.05. The molecule has 3 aromatic heterocycles. The van der Waals surface area contributed by atoms with Crippen LogP contribution < -0.4 is 0 Å². The molecule has 0 atom stereocenters. The van der Waals surface area contributed by atoms with Gasteiger partial charge in [-0.15, -0.1) is 0 Å². The minimum atomic E-state index is 0.827. The molecule has 0 radical (unpaired) electrons. The number of nitrogens with zero attached hydrogens (tertiary/aromatic N) is 2. The third-order valence-electron chi connectivity index (χ3n) is 6.25. The van der Waals surface area contributed by atoms with E-state index < -0.39 is 0 Å². The first kappa shape index (κ1) is 17.3. The largest absolute Gasteiger partial charge is 0.454 e. The number of hydrogen-bond donors (Lipinski definition) is 0. The normalized spacial score (nSPS) is 11.8. The van der Waals surface area contributed by atoms with Gasteiger partial charge in [-0.25, -0.2) is 0 Å². The lowest BCUT2D eigenvalue weighted by molar-refractivity contribution is 0.669. The van der Waals surface area contributed by atoms with E-state index in [1.807, 2.05) is 30.5 Å². The molecule has 0 amide bonds. The summed E-state index contributed by atoms with van der Waals surface area (Å²) in [6.07, 6.45) is 1.87. The Kier molecular flexibility index (Phi) is 3.55. The Balaban J connectivity index is 1.50. The zero-order chi connectivity index (χ0) is 21.1. The van der Waals surface area contributed by atoms with Crippen molar-refractivity contribution in [2.45, 2.75) is 0 Å². The van der Waals surface area contributed by atoms with Crippen LogP contribution in [0, 0.1) is 0 Å². The fourth-order valence-electron chi connectivity index (χ4n) is 4.85. The van der Waals surface area contributed by atoms with Gasteiger partial charge in [0.25, 0.3) is 0 Å². The van der Waals surface area contributed by atoms with E-state index in [1.54, 1.807) is 0 Å². The minimum absolute atomic E-state index is 0.827. The number of benzene rings is 4. The Morgan fingerprint density at radius 2 is 1.31 bits per heavy atom. The second kappa shape index (κ2) is 6.56. The first-order valence-electron chi connectivity index (χ1n) is 10.7. The maximum absolute atomic E-state index is 6.24. The van der Waals surface area contributed by atoms with Crippen LogP contribution in [0.4, 0.5) is 0 Å². The summed E-state index contributed by atoms with van der Waals surface area (Å²) in [4.78, 5) is 4.61. The molecule has 3 heteroatoms. The molecule has 0 spiro atoms. The van der Waals surface area contributed by atoms with Crippen LogP contribution in [0.15, 0.2) is 114 Å². The molecule has 3 heterocycles. The lowest BCUT2D eigenvalue weighted by Gasteiger charge is -2.10. The molecule has 7 aromatic rings. The summed E-state index contributed by atoms with van der Waals surface area (Å²) in [5.41, 5.74) is 8.28. The number of furan rings is 1. The summed E-state index contributed by atoms with van der Waals surface area (Å²) in [6.45, 7) is 0. The van der Waals surface area contributed by atoms with Crippen LogP contribution in [0.2, 0.25) is 0 Å². The van der Waals surface area contributed by atoms with E-state index >= 15 is 0 Å². The van der Waals surface area contributed by atoms with Gasteiger partial charge in [0.15, 0.2) is 5.58 Å². The number of para-hydroxylation sites is 3. The van der Waals surface area contributed by atoms with Crippen LogP contribution in [-0.2, 0) is 0 Å². The molecule has 0 fully saturated rings. The van der Waals surface area contributed by atoms with Gasteiger partial charge in [-0.3, -0.25) is 4.98 Å². The van der Waals surface area contributed by atoms with Gasteiger partial charge < -0.3 is 8.98 Å². The number of hydrogen-bond acceptors (Lipinski definition) is 2. The van der Waals surface area contributed by atoms with E-state index in [-0.39, 0.29) is 0 Å². The Hall–Kier alpha value is -4.37. The van der Waals surface area contributed by atoms with Gasteiger partial charge in [0, 0.05) is 33.6 Å². The molecule has 0 N–H and O–H groups in total. The van der Waals surface area contributed by atoms with Gasteiger partial charge in [-0.2, -0.15) is 0 Å². The highest BCUT2D eigenvalue weighted by atomic mass is 16.3. The van der Waals surface area contributed by atoms with Crippen molar-refractivity contribution in [1.82, 2.24) is 9.55 Å². The molecule has 7 rings (SSSR count). The third kappa shape index (κ3) is 2.39. The maximum Gasteiger partial charge on any atom is 0.161 e. The summed E-state index contributed by atoms with van der Waals surface area (Å²) in [5, 5.41) is 3.57. The van der Waals surface area contributed by atoms with Gasteiger partial charge in [0.1, 0.15) is 11.1 Å². The molecule has 150 valence electrons. The van der Waals surface area contributed by atoms with Gasteiger partial charge in [-0.1, -0.05) is 60.7 Å². The van der Waals surface area contributed by atoms with E-state index in [9.17, 15) is 0 Å². The van der Waals surface area contributed by atoms with E-state index in [1.165, 1.54) is 21.8 Å². The monoisotopic (exact) mass is 410 g/mol. The lowest BCUT2D eigenvalue weighted by atomic mass is 10.0. The molecule has 0 saturated heterocycles. The molecular formula is C29H18N2O. The predicted molar refractivity (Wildman–Crippen MR) is 131 cm³/mol. The van der Waals surface area contributed by atoms with E-state index in [0.717, 1.165) is 38.9 Å². The topological polar surface area (TPSA) is 31.0 Å². The molecule has 0 aliphatic carbocycles. The second-order valence-electron chi connectivity index (χ2n) is 8.05. The molecule has 0 bridgehead atoms. The first-order valence-corrected chi connectivity index (χ1v) is 10.7. The van der Waals surface area contributed by atoms with Gasteiger partial charge in [-0.05, 0) is 48.0 Å². The van der Waals surface area contributed by atoms with E-state index in [2.05, 4.69) is 88.4 Å². The number of pyridine rings is 1. The zero-order valence-corrected chi connectivity index (χ0v) is 17.2. The third-order valence-corrected chi connectivity index (χ3v) is 6.25. The highest BCUT2D eigenvalue weighted by Crippen LogP contribution is 2.36. The number of rotatable bonds is 2. The molecule has 0 saturated carbocycles. The highest BCUT2D eigenvalue weighted by Gasteiger charge is 2.15. The van der Waals surface area contributed by atoms with Gasteiger partial charge >= 0.3 is 0 Å². The summed E-state index contributed by atoms with van der Waals surface area (Å²) >= 11 is 0. The van der Waals surface area contributed by atoms with Crippen LogP contribution in [0.25, 0.3) is 60.7 Å². The molecule has 0 aliphatic heterocycles. The van der Waals surface area contributed by atoms with Crippen LogP contribution in [0.3, 0.4) is 0 Å². The summed E-state index contributed by atoms with van der Waals surface area (Å²) in [7, 11) is 0. The SMILES string of the molecule is c1cc(-c2ccnc3c2oc2ccccc23)cc(-n2c3ccccc3c3ccccc32)c1. The van der Waals surface area contributed by atoms with Gasteiger partial charge in [0.05, 0.1) is 11.0 Å². The smallest absolute Gasteiger partial charge is 0.161 e. The Bertz CT molecular complexity index is 1730. The summed E-state index contributed by atoms with van der Waals surface area (Å²) in [5.74, 6) is 0. The Labute approximate surface area is 184 Å². The molecular weight excluding hydrogens is 392 g/mol. The zero-order valence-electron chi connectivity index (χ0n) is 17.2. The summed E-state index contributed by atoms with van der Waals surface area (Å²) in [6, 6.07) is 35.9. The number of fused-ring (bicyclic) bond motifs is 6. The van der Waals surface area contributed by atoms with Crippen molar-refractivity contribution in [1.29, 1.82) is 0 Å². The Morgan fingerprint density at radius 3 is 2.09 bits per heavy atom. The van der Waals surface area contributed by atoms with Crippen molar-refractivity contribution in [3.8, 4) is 16.8 Å². The van der Waals surface area contributed by atoms with Crippen LogP contribution in [0.1, 0.15) is 0 Å². The average Bonchev–Trinajstić information content (AvgIpc) is 3.40. The molecule has 0 unspecified atom stereocenters. The Morgan fingerprint density at radius 1 is 0.625 bits per heavy atom. The maximum atomic E-state index is 6.24. The molecule has 32 heavy (non-hydrogen) atoms. The van der Waals surface area contributed by atoms with Crippen molar-refractivity contribution < 1.29 is 4.42 Å². The van der Waals surface area contributed by atoms with Crippen molar-refractivity contribution in [3.05, 3.63) is 109 Å². The van der Waals surface area contributed by atoms with Crippen molar-refractivity contribution in [3.63, 3.8) is 0 Å². The lowest BCUT2D eigenvalue weighted by Crippen LogP contribution is -1.94. The molecule has 0 aliphatic rings. The fourth-order valence-corrected chi connectivity index (χ4v) is 4.85. The molecule has 3 nitrogen and oxygen atoms in total. The first-order chi connectivity index (χ1) is 15.9. The van der Waals surface area contributed by atoms with Crippen molar-refractivity contribution >= 4 is 43.9 Å². The predicted octanol–water partition coefficient (Wildman–Crippen LogP) is 7.75. The van der Waals surface area contributed by atoms with Crippen molar-refractivity contribution in [2.75, 3.05) is 0 Å².